The molecule has 0 bridgehead atoms. The van der Waals surface area contributed by atoms with Crippen LogP contribution in [-0.4, -0.2) is 56.3 Å². The lowest BCUT2D eigenvalue weighted by molar-refractivity contribution is -0.142. The lowest BCUT2D eigenvalue weighted by atomic mass is 9.98. The Kier molecular flexibility index (Phi) is 4.93. The number of fused-ring (bicyclic) bond motifs is 3. The van der Waals surface area contributed by atoms with Gasteiger partial charge in [-0.3, -0.25) is 9.48 Å². The zero-order valence-corrected chi connectivity index (χ0v) is 20.5. The Morgan fingerprint density at radius 3 is 2.79 bits per heavy atom. The van der Waals surface area contributed by atoms with Gasteiger partial charge < -0.3 is 9.88 Å². The van der Waals surface area contributed by atoms with Gasteiger partial charge in [0.2, 0.25) is 0 Å². The Bertz CT molecular complexity index is 1880. The summed E-state index contributed by atoms with van der Waals surface area (Å²) in [6, 6.07) is 10.2. The van der Waals surface area contributed by atoms with Crippen molar-refractivity contribution in [2.75, 3.05) is 6.54 Å². The van der Waals surface area contributed by atoms with Crippen LogP contribution in [0.15, 0.2) is 67.4 Å². The van der Waals surface area contributed by atoms with E-state index in [9.17, 15) is 18.0 Å². The number of carbonyl (C=O) groups is 1. The fourth-order valence-electron chi connectivity index (χ4n) is 5.20. The van der Waals surface area contributed by atoms with E-state index in [0.717, 1.165) is 27.5 Å². The topological polar surface area (TPSA) is 101 Å². The van der Waals surface area contributed by atoms with Crippen molar-refractivity contribution in [2.24, 2.45) is 7.05 Å². The van der Waals surface area contributed by atoms with E-state index in [4.69, 9.17) is 0 Å². The lowest BCUT2D eigenvalue weighted by Gasteiger charge is -2.33. The molecule has 0 spiro atoms. The van der Waals surface area contributed by atoms with Gasteiger partial charge in [-0.05, 0) is 36.4 Å². The molecule has 196 valence electrons. The predicted molar refractivity (Wildman–Crippen MR) is 133 cm³/mol. The van der Waals surface area contributed by atoms with E-state index in [-0.39, 0.29) is 11.4 Å². The van der Waals surface area contributed by atoms with Crippen LogP contribution in [0, 0.1) is 0 Å². The summed E-state index contributed by atoms with van der Waals surface area (Å²) < 4.78 is 45.2. The van der Waals surface area contributed by atoms with E-state index < -0.39 is 17.9 Å². The first-order chi connectivity index (χ1) is 18.8. The molecule has 1 N–H and O–H groups in total. The number of pyridine rings is 2. The monoisotopic (exact) mass is 531 g/mol. The molecule has 0 aliphatic carbocycles. The van der Waals surface area contributed by atoms with Gasteiger partial charge in [0.1, 0.15) is 11.7 Å². The molecule has 1 atom stereocenters. The molecule has 10 nitrogen and oxygen atoms in total. The average molecular weight is 532 g/mol. The highest BCUT2D eigenvalue weighted by molar-refractivity contribution is 6.01. The van der Waals surface area contributed by atoms with E-state index >= 15 is 0 Å². The number of hydrogen-bond acceptors (Lipinski definition) is 5. The van der Waals surface area contributed by atoms with Crippen LogP contribution in [0.25, 0.3) is 22.3 Å². The fourth-order valence-corrected chi connectivity index (χ4v) is 5.20. The number of aryl methyl sites for hydroxylation is 1. The second-order valence-electron chi connectivity index (χ2n) is 9.41. The molecule has 0 saturated carbocycles. The number of alkyl halides is 3. The number of halogens is 3. The van der Waals surface area contributed by atoms with Gasteiger partial charge in [0, 0.05) is 43.7 Å². The average Bonchev–Trinajstić information content (AvgIpc) is 3.71. The number of aromatic nitrogens is 8. The highest BCUT2D eigenvalue weighted by atomic mass is 19.4. The number of amides is 1. The molecule has 7 heterocycles. The normalized spacial score (nSPS) is 15.8. The number of rotatable bonds is 3. The van der Waals surface area contributed by atoms with E-state index in [1.54, 1.807) is 32.4 Å². The third kappa shape index (κ3) is 3.68. The minimum absolute atomic E-state index is 0.271. The molecule has 0 saturated heterocycles. The molecule has 6 aromatic rings. The molecule has 39 heavy (non-hydrogen) atoms. The fraction of sp³-hybridized carbons (Fsp3) is 0.192. The van der Waals surface area contributed by atoms with Crippen LogP contribution in [0.5, 0.6) is 0 Å². The Morgan fingerprint density at radius 2 is 2.00 bits per heavy atom. The number of nitrogens with one attached hydrogen (secondary N) is 1. The summed E-state index contributed by atoms with van der Waals surface area (Å²) in [6.07, 6.45) is 2.60. The summed E-state index contributed by atoms with van der Waals surface area (Å²) >= 11 is 0. The van der Waals surface area contributed by atoms with E-state index in [1.165, 1.54) is 18.6 Å². The van der Waals surface area contributed by atoms with Gasteiger partial charge in [-0.2, -0.15) is 28.5 Å². The highest BCUT2D eigenvalue weighted by Gasteiger charge is 2.39. The van der Waals surface area contributed by atoms with Crippen LogP contribution in [-0.2, 0) is 19.6 Å². The summed E-state index contributed by atoms with van der Waals surface area (Å²) in [5.74, 6) is -0.317. The molecular formula is C26H20F3N9O. The maximum absolute atomic E-state index is 14.0. The minimum atomic E-state index is -4.59. The Morgan fingerprint density at radius 1 is 1.13 bits per heavy atom. The first-order valence-electron chi connectivity index (χ1n) is 12.1. The Balaban J connectivity index is 1.31. The van der Waals surface area contributed by atoms with Crippen molar-refractivity contribution in [3.63, 3.8) is 0 Å². The maximum Gasteiger partial charge on any atom is 0.433 e. The van der Waals surface area contributed by atoms with Gasteiger partial charge in [0.25, 0.3) is 5.91 Å². The van der Waals surface area contributed by atoms with Crippen molar-refractivity contribution >= 4 is 16.9 Å². The first-order valence-corrected chi connectivity index (χ1v) is 12.1. The van der Waals surface area contributed by atoms with Crippen molar-refractivity contribution in [3.05, 3.63) is 95.7 Å². The van der Waals surface area contributed by atoms with Gasteiger partial charge >= 0.3 is 6.18 Å². The van der Waals surface area contributed by atoms with Gasteiger partial charge in [-0.15, -0.1) is 0 Å². The van der Waals surface area contributed by atoms with Crippen molar-refractivity contribution in [1.82, 2.24) is 43.9 Å². The van der Waals surface area contributed by atoms with E-state index in [2.05, 4.69) is 25.3 Å². The summed E-state index contributed by atoms with van der Waals surface area (Å²) in [6.45, 7) is 0.321. The molecule has 6 aromatic heterocycles. The van der Waals surface area contributed by atoms with Gasteiger partial charge in [-0.1, -0.05) is 6.07 Å². The molecule has 7 rings (SSSR count). The number of imidazole rings is 1. The zero-order chi connectivity index (χ0) is 26.9. The van der Waals surface area contributed by atoms with Crippen molar-refractivity contribution < 1.29 is 18.0 Å². The zero-order valence-electron chi connectivity index (χ0n) is 20.5. The maximum atomic E-state index is 14.0. The van der Waals surface area contributed by atoms with Crippen molar-refractivity contribution in [3.8, 4) is 11.3 Å². The van der Waals surface area contributed by atoms with Crippen LogP contribution in [0.1, 0.15) is 39.2 Å². The van der Waals surface area contributed by atoms with E-state index in [1.807, 2.05) is 31.4 Å². The molecular weight excluding hydrogens is 511 g/mol. The van der Waals surface area contributed by atoms with E-state index in [0.29, 0.717) is 35.4 Å². The third-order valence-corrected chi connectivity index (χ3v) is 7.02. The van der Waals surface area contributed by atoms with Crippen LogP contribution < -0.4 is 0 Å². The van der Waals surface area contributed by atoms with Crippen molar-refractivity contribution in [1.29, 1.82) is 0 Å². The van der Waals surface area contributed by atoms with Crippen LogP contribution >= 0.6 is 0 Å². The number of aromatic amines is 1. The summed E-state index contributed by atoms with van der Waals surface area (Å²) in [5.41, 5.74) is 3.62. The molecule has 1 aliphatic rings. The third-order valence-electron chi connectivity index (χ3n) is 7.02. The molecule has 13 heteroatoms. The molecule has 1 amide bonds. The molecule has 0 fully saturated rings. The number of H-pyrrole nitrogens is 1. The summed E-state index contributed by atoms with van der Waals surface area (Å²) in [7, 11) is 1.83. The summed E-state index contributed by atoms with van der Waals surface area (Å²) in [5, 5.41) is 13.1. The second kappa shape index (κ2) is 8.28. The van der Waals surface area contributed by atoms with Crippen LogP contribution in [0.4, 0.5) is 13.2 Å². The molecule has 0 radical (unpaired) electrons. The quantitative estimate of drug-likeness (QED) is 0.373. The highest BCUT2D eigenvalue weighted by Crippen LogP contribution is 2.36. The number of carbonyl (C=O) groups excluding carboxylic acids is 1. The molecule has 0 aromatic carbocycles. The lowest BCUT2D eigenvalue weighted by Crippen LogP contribution is -2.41. The first kappa shape index (κ1) is 23.2. The molecule has 1 aliphatic heterocycles. The largest absolute Gasteiger partial charge is 0.433 e. The van der Waals surface area contributed by atoms with Crippen LogP contribution in [0.2, 0.25) is 0 Å². The van der Waals surface area contributed by atoms with Crippen molar-refractivity contribution in [2.45, 2.75) is 18.6 Å². The standard InChI is InChI=1S/C26H20F3N9O/c1-35-9-7-18(33-35)15-5-6-21-17(12-32-37(21)13-15)25(39)36-10-8-19-23(31-14-30-19)24(36)20-11-16-3-2-4-22(26(27,28)29)38(16)34-20/h2-7,9,11-14,24H,8,10H2,1H3,(H,30,31). The van der Waals surface area contributed by atoms with Gasteiger partial charge in [0.15, 0.2) is 0 Å². The number of nitrogens with zero attached hydrogens (tertiary/aromatic N) is 8. The second-order valence-corrected chi connectivity index (χ2v) is 9.41. The minimum Gasteiger partial charge on any atom is -0.348 e. The Labute approximate surface area is 218 Å². The number of hydrogen-bond donors (Lipinski definition) is 1. The SMILES string of the molecule is Cn1ccc(-c2ccc3c(C(=O)N4CCc5[nH]cnc5C4c4cc5cccc(C(F)(F)F)n5n4)cnn3c2)n1. The van der Waals surface area contributed by atoms with Gasteiger partial charge in [0.05, 0.1) is 46.2 Å². The predicted octanol–water partition coefficient (Wildman–Crippen LogP) is 3.91. The Hall–Kier alpha value is -4.94. The smallest absolute Gasteiger partial charge is 0.348 e. The summed E-state index contributed by atoms with van der Waals surface area (Å²) in [4.78, 5) is 23.1. The molecule has 1 unspecified atom stereocenters. The van der Waals surface area contributed by atoms with Gasteiger partial charge in [-0.25, -0.2) is 14.0 Å². The van der Waals surface area contributed by atoms with Crippen LogP contribution in [0.3, 0.4) is 0 Å².